The third kappa shape index (κ3) is 17.1. The monoisotopic (exact) mass is 346 g/mol. The van der Waals surface area contributed by atoms with Gasteiger partial charge in [-0.05, 0) is 38.5 Å². The van der Waals surface area contributed by atoms with Crippen LogP contribution in [0.15, 0.2) is 48.6 Å². The summed E-state index contributed by atoms with van der Waals surface area (Å²) in [7, 11) is 1.43. The van der Waals surface area contributed by atoms with Crippen molar-refractivity contribution in [2.75, 3.05) is 7.11 Å². The van der Waals surface area contributed by atoms with E-state index in [1.165, 1.54) is 32.8 Å². The van der Waals surface area contributed by atoms with E-state index in [4.69, 9.17) is 0 Å². The molecule has 2 nitrogen and oxygen atoms in total. The molecule has 0 unspecified atom stereocenters. The Bertz CT molecular complexity index is 439. The van der Waals surface area contributed by atoms with Gasteiger partial charge in [-0.25, -0.2) is 0 Å². The molecule has 0 aliphatic rings. The second-order valence-electron chi connectivity index (χ2n) is 7.00. The van der Waals surface area contributed by atoms with Crippen molar-refractivity contribution in [2.45, 2.75) is 78.6 Å². The van der Waals surface area contributed by atoms with Crippen LogP contribution in [-0.2, 0) is 9.53 Å². The molecule has 2 heteroatoms. The molecular formula is C23H38O2. The average molecular weight is 347 g/mol. The number of carbonyl (C=O) groups excluding carboxylic acids is 1. The molecule has 0 amide bonds. The number of carbonyl (C=O) groups is 1. The molecule has 0 aromatic heterocycles. The lowest BCUT2D eigenvalue weighted by atomic mass is 9.91. The van der Waals surface area contributed by atoms with Gasteiger partial charge in [0.25, 0.3) is 0 Å². The van der Waals surface area contributed by atoms with Crippen LogP contribution in [0.1, 0.15) is 78.6 Å². The summed E-state index contributed by atoms with van der Waals surface area (Å²) < 4.78 is 4.64. The zero-order valence-electron chi connectivity index (χ0n) is 16.8. The number of ether oxygens (including phenoxy) is 1. The first kappa shape index (κ1) is 23.4. The lowest BCUT2D eigenvalue weighted by Crippen LogP contribution is -2.02. The quantitative estimate of drug-likeness (QED) is 0.193. The molecule has 0 heterocycles. The molecule has 0 aliphatic carbocycles. The van der Waals surface area contributed by atoms with Crippen molar-refractivity contribution in [1.82, 2.24) is 0 Å². The van der Waals surface area contributed by atoms with E-state index >= 15 is 0 Å². The zero-order valence-corrected chi connectivity index (χ0v) is 16.8. The molecule has 0 saturated carbocycles. The third-order valence-electron chi connectivity index (χ3n) is 3.93. The minimum absolute atomic E-state index is 0.0539. The van der Waals surface area contributed by atoms with Gasteiger partial charge in [0.15, 0.2) is 0 Å². The van der Waals surface area contributed by atoms with Gasteiger partial charge in [-0.2, -0.15) is 0 Å². The fraction of sp³-hybridized carbons (Fsp3) is 0.609. The normalized spacial score (nSPS) is 13.0. The van der Waals surface area contributed by atoms with Crippen LogP contribution in [0.2, 0.25) is 0 Å². The molecule has 0 spiro atoms. The van der Waals surface area contributed by atoms with Crippen molar-refractivity contribution >= 4 is 5.97 Å². The highest BCUT2D eigenvalue weighted by atomic mass is 16.5. The van der Waals surface area contributed by atoms with Crippen LogP contribution >= 0.6 is 0 Å². The van der Waals surface area contributed by atoms with Gasteiger partial charge in [0.2, 0.25) is 0 Å². The summed E-state index contributed by atoms with van der Waals surface area (Å²) in [6.07, 6.45) is 27.3. The van der Waals surface area contributed by atoms with Crippen LogP contribution in [0.25, 0.3) is 0 Å². The summed E-state index contributed by atoms with van der Waals surface area (Å²) >= 11 is 0. The molecule has 0 aromatic carbocycles. The first-order valence-corrected chi connectivity index (χ1v) is 9.74. The number of methoxy groups -OCH3 is 1. The van der Waals surface area contributed by atoms with Crippen LogP contribution in [0, 0.1) is 5.41 Å². The van der Waals surface area contributed by atoms with Crippen molar-refractivity contribution in [2.24, 2.45) is 5.41 Å². The first-order chi connectivity index (χ1) is 12.0. The van der Waals surface area contributed by atoms with Crippen LogP contribution < -0.4 is 0 Å². The maximum atomic E-state index is 11.0. The van der Waals surface area contributed by atoms with Crippen LogP contribution in [0.3, 0.4) is 0 Å². The summed E-state index contributed by atoms with van der Waals surface area (Å²) in [6.45, 7) is 6.63. The Hall–Kier alpha value is -1.57. The smallest absolute Gasteiger partial charge is 0.305 e. The predicted molar refractivity (Wildman–Crippen MR) is 110 cm³/mol. The summed E-state index contributed by atoms with van der Waals surface area (Å²) in [6, 6.07) is 0. The zero-order chi connectivity index (χ0) is 18.8. The Morgan fingerprint density at radius 1 is 0.840 bits per heavy atom. The maximum Gasteiger partial charge on any atom is 0.305 e. The van der Waals surface area contributed by atoms with Gasteiger partial charge in [-0.3, -0.25) is 4.79 Å². The lowest BCUT2D eigenvalue weighted by molar-refractivity contribution is -0.140. The van der Waals surface area contributed by atoms with Gasteiger partial charge in [0.05, 0.1) is 7.11 Å². The van der Waals surface area contributed by atoms with E-state index < -0.39 is 0 Å². The van der Waals surface area contributed by atoms with E-state index in [2.05, 4.69) is 74.1 Å². The molecule has 0 atom stereocenters. The summed E-state index contributed by atoms with van der Waals surface area (Å²) in [4.78, 5) is 11.0. The highest BCUT2D eigenvalue weighted by molar-refractivity contribution is 5.69. The Morgan fingerprint density at radius 3 is 2.12 bits per heavy atom. The molecule has 0 aromatic rings. The molecule has 0 bridgehead atoms. The standard InChI is InChI=1S/C23H38O2/c1-5-6-7-8-9-10-11-12-13-14-17-20-23(2,3)21-18-15-16-19-22(24)25-4/h9-10,12-13,17-18,20-21H,5-8,11,14-16,19H2,1-4H3/b10-9?,13-12?,20-17?,21-18-. The highest BCUT2D eigenvalue weighted by Gasteiger charge is 2.07. The van der Waals surface area contributed by atoms with Crippen LogP contribution in [0.4, 0.5) is 0 Å². The molecule has 0 saturated heterocycles. The van der Waals surface area contributed by atoms with Gasteiger partial charge in [-0.15, -0.1) is 0 Å². The fourth-order valence-corrected chi connectivity index (χ4v) is 2.36. The van der Waals surface area contributed by atoms with E-state index in [1.54, 1.807) is 0 Å². The molecule has 25 heavy (non-hydrogen) atoms. The minimum Gasteiger partial charge on any atom is -0.469 e. The van der Waals surface area contributed by atoms with Crippen molar-refractivity contribution in [1.29, 1.82) is 0 Å². The average Bonchev–Trinajstić information content (AvgIpc) is 2.59. The molecule has 0 fully saturated rings. The summed E-state index contributed by atoms with van der Waals surface area (Å²) in [5.74, 6) is -0.129. The van der Waals surface area contributed by atoms with Crippen molar-refractivity contribution in [3.05, 3.63) is 48.6 Å². The predicted octanol–water partition coefficient (Wildman–Crippen LogP) is 6.94. The maximum absolute atomic E-state index is 11.0. The van der Waals surface area contributed by atoms with E-state index in [-0.39, 0.29) is 11.4 Å². The van der Waals surface area contributed by atoms with Gasteiger partial charge in [-0.1, -0.05) is 82.2 Å². The number of allylic oxidation sites excluding steroid dienone is 8. The summed E-state index contributed by atoms with van der Waals surface area (Å²) in [5.41, 5.74) is 0.0539. The first-order valence-electron chi connectivity index (χ1n) is 9.74. The van der Waals surface area contributed by atoms with Gasteiger partial charge in [0, 0.05) is 11.8 Å². The largest absolute Gasteiger partial charge is 0.469 e. The Balaban J connectivity index is 3.86. The Kier molecular flexibility index (Phi) is 14.9. The minimum atomic E-state index is -0.129. The molecule has 0 rings (SSSR count). The van der Waals surface area contributed by atoms with Crippen molar-refractivity contribution in [3.63, 3.8) is 0 Å². The topological polar surface area (TPSA) is 26.3 Å². The number of rotatable bonds is 14. The Morgan fingerprint density at radius 2 is 1.44 bits per heavy atom. The van der Waals surface area contributed by atoms with Crippen molar-refractivity contribution < 1.29 is 9.53 Å². The molecule has 142 valence electrons. The summed E-state index contributed by atoms with van der Waals surface area (Å²) in [5, 5.41) is 0. The van der Waals surface area contributed by atoms with Gasteiger partial charge < -0.3 is 4.74 Å². The van der Waals surface area contributed by atoms with E-state index in [0.29, 0.717) is 6.42 Å². The molecule has 0 aliphatic heterocycles. The molecular weight excluding hydrogens is 308 g/mol. The van der Waals surface area contributed by atoms with Crippen LogP contribution in [-0.4, -0.2) is 13.1 Å². The third-order valence-corrected chi connectivity index (χ3v) is 3.93. The van der Waals surface area contributed by atoms with E-state index in [1.807, 2.05) is 0 Å². The highest BCUT2D eigenvalue weighted by Crippen LogP contribution is 2.20. The molecule has 0 N–H and O–H groups in total. The fourth-order valence-electron chi connectivity index (χ4n) is 2.36. The van der Waals surface area contributed by atoms with Gasteiger partial charge in [0.1, 0.15) is 0 Å². The second-order valence-corrected chi connectivity index (χ2v) is 7.00. The number of hydrogen-bond donors (Lipinski definition) is 0. The van der Waals surface area contributed by atoms with Crippen molar-refractivity contribution in [3.8, 4) is 0 Å². The lowest BCUT2D eigenvalue weighted by Gasteiger charge is -2.14. The SMILES string of the molecule is CCCCCC=CCC=CCC=CC(C)(C)/C=C\CCCC(=O)OC. The van der Waals surface area contributed by atoms with Gasteiger partial charge >= 0.3 is 5.97 Å². The number of hydrogen-bond acceptors (Lipinski definition) is 2. The van der Waals surface area contributed by atoms with Crippen LogP contribution in [0.5, 0.6) is 0 Å². The molecule has 0 radical (unpaired) electrons. The van der Waals surface area contributed by atoms with E-state index in [0.717, 1.165) is 25.7 Å². The number of esters is 1. The Labute approximate surface area is 155 Å². The van der Waals surface area contributed by atoms with E-state index in [9.17, 15) is 4.79 Å². The number of unbranched alkanes of at least 4 members (excludes halogenated alkanes) is 4. The second kappa shape index (κ2) is 15.9.